The maximum absolute atomic E-state index is 11.7. The summed E-state index contributed by atoms with van der Waals surface area (Å²) in [4.78, 5) is 11.7. The monoisotopic (exact) mass is 227 g/mol. The molecular weight excluding hydrogens is 202 g/mol. The van der Waals surface area contributed by atoms with Gasteiger partial charge in [0.25, 0.3) is 0 Å². The summed E-state index contributed by atoms with van der Waals surface area (Å²) in [5.41, 5.74) is -0.198. The van der Waals surface area contributed by atoms with E-state index in [1.807, 2.05) is 0 Å². The first-order valence-electron chi connectivity index (χ1n) is 6.05. The summed E-state index contributed by atoms with van der Waals surface area (Å²) < 4.78 is 5.10. The van der Waals surface area contributed by atoms with Gasteiger partial charge in [0.15, 0.2) is 0 Å². The van der Waals surface area contributed by atoms with Crippen LogP contribution in [0.15, 0.2) is 0 Å². The summed E-state index contributed by atoms with van der Waals surface area (Å²) in [5, 5.41) is 3.11. The van der Waals surface area contributed by atoms with Gasteiger partial charge in [0.2, 0.25) is 0 Å². The molecule has 3 nitrogen and oxygen atoms in total. The Morgan fingerprint density at radius 3 is 2.06 bits per heavy atom. The zero-order valence-electron chi connectivity index (χ0n) is 11.4. The number of cyclic esters (lactones) is 1. The van der Waals surface area contributed by atoms with Crippen molar-refractivity contribution in [2.75, 3.05) is 6.61 Å². The molecule has 1 aliphatic heterocycles. The molecule has 0 aromatic rings. The second-order valence-corrected chi connectivity index (χ2v) is 6.77. The SMILES string of the molecule is CC(C)(C)C1(C(C)(C)C)CCCOC(=O)N1. The van der Waals surface area contributed by atoms with Crippen molar-refractivity contribution in [3.05, 3.63) is 0 Å². The number of carbonyl (C=O) groups excluding carboxylic acids is 1. The Morgan fingerprint density at radius 2 is 1.62 bits per heavy atom. The average molecular weight is 227 g/mol. The van der Waals surface area contributed by atoms with Crippen LogP contribution in [0.4, 0.5) is 4.79 Å². The van der Waals surface area contributed by atoms with Crippen molar-refractivity contribution in [3.63, 3.8) is 0 Å². The topological polar surface area (TPSA) is 38.3 Å². The van der Waals surface area contributed by atoms with Crippen molar-refractivity contribution >= 4 is 6.09 Å². The fourth-order valence-electron chi connectivity index (χ4n) is 3.03. The van der Waals surface area contributed by atoms with E-state index < -0.39 is 0 Å². The van der Waals surface area contributed by atoms with Gasteiger partial charge in [-0.3, -0.25) is 0 Å². The van der Waals surface area contributed by atoms with Crippen molar-refractivity contribution < 1.29 is 9.53 Å². The molecule has 16 heavy (non-hydrogen) atoms. The predicted molar refractivity (Wildman–Crippen MR) is 65.4 cm³/mol. The van der Waals surface area contributed by atoms with Crippen molar-refractivity contribution in [1.29, 1.82) is 0 Å². The van der Waals surface area contributed by atoms with Crippen LogP contribution in [-0.4, -0.2) is 18.2 Å². The van der Waals surface area contributed by atoms with Crippen molar-refractivity contribution in [2.24, 2.45) is 10.8 Å². The van der Waals surface area contributed by atoms with E-state index in [1.165, 1.54) is 0 Å². The Morgan fingerprint density at radius 1 is 1.12 bits per heavy atom. The molecule has 3 heteroatoms. The van der Waals surface area contributed by atoms with Gasteiger partial charge in [0, 0.05) is 0 Å². The number of nitrogens with one attached hydrogen (secondary N) is 1. The molecule has 1 rings (SSSR count). The molecular formula is C13H25NO2. The summed E-state index contributed by atoms with van der Waals surface area (Å²) >= 11 is 0. The Kier molecular flexibility index (Phi) is 3.28. The number of hydrogen-bond acceptors (Lipinski definition) is 2. The molecule has 1 fully saturated rings. The Hall–Kier alpha value is -0.730. The van der Waals surface area contributed by atoms with Gasteiger partial charge >= 0.3 is 6.09 Å². The molecule has 1 N–H and O–H groups in total. The van der Waals surface area contributed by atoms with Gasteiger partial charge in [-0.2, -0.15) is 0 Å². The van der Waals surface area contributed by atoms with Crippen LogP contribution in [0, 0.1) is 10.8 Å². The van der Waals surface area contributed by atoms with Crippen LogP contribution in [0.2, 0.25) is 0 Å². The lowest BCUT2D eigenvalue weighted by Crippen LogP contribution is -2.63. The van der Waals surface area contributed by atoms with E-state index in [9.17, 15) is 4.79 Å². The lowest BCUT2D eigenvalue weighted by Gasteiger charge is -2.53. The Bertz CT molecular complexity index is 257. The van der Waals surface area contributed by atoms with Crippen LogP contribution in [-0.2, 0) is 4.74 Å². The molecule has 1 heterocycles. The van der Waals surface area contributed by atoms with Crippen LogP contribution in [0.5, 0.6) is 0 Å². The zero-order valence-corrected chi connectivity index (χ0v) is 11.4. The minimum Gasteiger partial charge on any atom is -0.450 e. The highest BCUT2D eigenvalue weighted by atomic mass is 16.5. The molecule has 0 radical (unpaired) electrons. The van der Waals surface area contributed by atoms with E-state index >= 15 is 0 Å². The van der Waals surface area contributed by atoms with Gasteiger partial charge < -0.3 is 10.1 Å². The summed E-state index contributed by atoms with van der Waals surface area (Å²) in [6, 6.07) is 0. The number of carbonyl (C=O) groups is 1. The van der Waals surface area contributed by atoms with Crippen molar-refractivity contribution in [1.82, 2.24) is 5.32 Å². The van der Waals surface area contributed by atoms with Gasteiger partial charge in [-0.25, -0.2) is 4.79 Å². The van der Waals surface area contributed by atoms with E-state index in [0.717, 1.165) is 12.8 Å². The lowest BCUT2D eigenvalue weighted by molar-refractivity contribution is 0.0237. The van der Waals surface area contributed by atoms with E-state index in [4.69, 9.17) is 4.74 Å². The van der Waals surface area contributed by atoms with E-state index in [1.54, 1.807) is 0 Å². The average Bonchev–Trinajstić information content (AvgIpc) is 2.24. The van der Waals surface area contributed by atoms with Crippen molar-refractivity contribution in [3.8, 4) is 0 Å². The first kappa shape index (κ1) is 13.3. The van der Waals surface area contributed by atoms with Gasteiger partial charge in [0.1, 0.15) is 0 Å². The Labute approximate surface area is 98.9 Å². The minimum absolute atomic E-state index is 0.00854. The van der Waals surface area contributed by atoms with Crippen LogP contribution in [0.1, 0.15) is 54.4 Å². The number of ether oxygens (including phenoxy) is 1. The number of amides is 1. The third-order valence-corrected chi connectivity index (χ3v) is 3.81. The van der Waals surface area contributed by atoms with Crippen LogP contribution in [0.3, 0.4) is 0 Å². The van der Waals surface area contributed by atoms with Crippen LogP contribution >= 0.6 is 0 Å². The molecule has 0 aliphatic carbocycles. The van der Waals surface area contributed by atoms with Gasteiger partial charge in [-0.1, -0.05) is 41.5 Å². The van der Waals surface area contributed by atoms with E-state index in [2.05, 4.69) is 46.9 Å². The lowest BCUT2D eigenvalue weighted by atomic mass is 9.58. The minimum atomic E-state index is -0.276. The first-order valence-corrected chi connectivity index (χ1v) is 6.05. The fourth-order valence-corrected chi connectivity index (χ4v) is 3.03. The molecule has 0 saturated carbocycles. The van der Waals surface area contributed by atoms with Crippen LogP contribution in [0.25, 0.3) is 0 Å². The predicted octanol–water partition coefficient (Wildman–Crippen LogP) is 3.34. The maximum atomic E-state index is 11.7. The summed E-state index contributed by atoms with van der Waals surface area (Å²) in [7, 11) is 0. The van der Waals surface area contributed by atoms with Gasteiger partial charge in [-0.05, 0) is 23.7 Å². The highest BCUT2D eigenvalue weighted by Gasteiger charge is 2.52. The molecule has 0 aromatic heterocycles. The molecule has 0 spiro atoms. The molecule has 0 bridgehead atoms. The number of rotatable bonds is 0. The molecule has 0 aromatic carbocycles. The molecule has 1 aliphatic rings. The highest BCUT2D eigenvalue weighted by Crippen LogP contribution is 2.47. The third kappa shape index (κ3) is 2.18. The second-order valence-electron chi connectivity index (χ2n) is 6.77. The second kappa shape index (κ2) is 3.94. The normalized spacial score (nSPS) is 22.0. The molecule has 0 unspecified atom stereocenters. The summed E-state index contributed by atoms with van der Waals surface area (Å²) in [5.74, 6) is 0. The number of hydrogen-bond donors (Lipinski definition) is 1. The Balaban J connectivity index is 3.17. The molecule has 94 valence electrons. The standard InChI is InChI=1S/C13H25NO2/c1-11(2,3)13(12(4,5)6)8-7-9-16-10(15)14-13/h7-9H2,1-6H3,(H,14,15). The zero-order chi connectivity index (χ0) is 12.6. The quantitative estimate of drug-likeness (QED) is 0.689. The maximum Gasteiger partial charge on any atom is 0.407 e. The smallest absolute Gasteiger partial charge is 0.407 e. The van der Waals surface area contributed by atoms with Crippen LogP contribution < -0.4 is 5.32 Å². The van der Waals surface area contributed by atoms with Crippen molar-refractivity contribution in [2.45, 2.75) is 59.9 Å². The summed E-state index contributed by atoms with van der Waals surface area (Å²) in [6.07, 6.45) is 1.61. The largest absolute Gasteiger partial charge is 0.450 e. The van der Waals surface area contributed by atoms with Gasteiger partial charge in [0.05, 0.1) is 12.1 Å². The number of alkyl carbamates (subject to hydrolysis) is 1. The fraction of sp³-hybridized carbons (Fsp3) is 0.923. The highest BCUT2D eigenvalue weighted by molar-refractivity contribution is 5.69. The molecule has 0 atom stereocenters. The van der Waals surface area contributed by atoms with E-state index in [0.29, 0.717) is 6.61 Å². The van der Waals surface area contributed by atoms with E-state index in [-0.39, 0.29) is 22.5 Å². The molecule has 1 saturated heterocycles. The third-order valence-electron chi connectivity index (χ3n) is 3.81. The molecule has 1 amide bonds. The first-order chi connectivity index (χ1) is 7.10. The summed E-state index contributed by atoms with van der Waals surface area (Å²) in [6.45, 7) is 13.6. The van der Waals surface area contributed by atoms with Gasteiger partial charge in [-0.15, -0.1) is 0 Å².